The lowest BCUT2D eigenvalue weighted by Gasteiger charge is -2.47. The molecule has 10 N–H and O–H groups in total. The van der Waals surface area contributed by atoms with Crippen molar-refractivity contribution in [3.05, 3.63) is 0 Å². The Morgan fingerprint density at radius 2 is 1.07 bits per heavy atom. The van der Waals surface area contributed by atoms with Crippen molar-refractivity contribution in [2.75, 3.05) is 19.8 Å². The van der Waals surface area contributed by atoms with E-state index < -0.39 is 112 Å². The van der Waals surface area contributed by atoms with Crippen LogP contribution in [0.4, 0.5) is 0 Å². The van der Waals surface area contributed by atoms with Crippen molar-refractivity contribution < 1.29 is 74.7 Å². The Labute approximate surface area is 232 Å². The molecule has 0 aromatic carbocycles. The van der Waals surface area contributed by atoms with Gasteiger partial charge in [-0.2, -0.15) is 0 Å². The molecule has 0 aromatic rings. The van der Waals surface area contributed by atoms with Crippen molar-refractivity contribution in [2.24, 2.45) is 5.41 Å². The monoisotopic (exact) mass is 586 g/mol. The minimum absolute atomic E-state index is 0.00299. The van der Waals surface area contributed by atoms with Crippen LogP contribution >= 0.6 is 0 Å². The standard InChI is InChI=1S/C25H46O15/c1-25(2,3)6-4-5-10-16(30)22(40-24-21(35)19(33)15(29)12(8-27)39-24)17(31)13(37-10)9-36-23-20(34)18(32)14(28)11(7-26)38-23/h10-24,26-35H,4-9H2,1-3H3/t10-,11-,12-,13-,14-,15-,16-,17-,18+,19+,20+,21+,22-,23+,24-/m1/s1. The minimum Gasteiger partial charge on any atom is -0.394 e. The minimum atomic E-state index is -1.77. The summed E-state index contributed by atoms with van der Waals surface area (Å²) in [4.78, 5) is 0. The number of hydrogen-bond acceptors (Lipinski definition) is 15. The molecule has 3 saturated heterocycles. The first-order valence-electron chi connectivity index (χ1n) is 13.6. The average molecular weight is 587 g/mol. The van der Waals surface area contributed by atoms with Crippen LogP contribution in [0.2, 0.25) is 0 Å². The predicted octanol–water partition coefficient (Wildman–Crippen LogP) is -4.31. The van der Waals surface area contributed by atoms with Crippen LogP contribution in [-0.2, 0) is 23.7 Å². The summed E-state index contributed by atoms with van der Waals surface area (Å²) in [5.41, 5.74) is -0.00299. The van der Waals surface area contributed by atoms with E-state index >= 15 is 0 Å². The number of ether oxygens (including phenoxy) is 5. The van der Waals surface area contributed by atoms with Gasteiger partial charge in [-0.05, 0) is 18.3 Å². The number of rotatable bonds is 10. The van der Waals surface area contributed by atoms with Crippen LogP contribution in [-0.4, -0.2) is 163 Å². The highest BCUT2D eigenvalue weighted by atomic mass is 16.7. The van der Waals surface area contributed by atoms with Gasteiger partial charge in [-0.25, -0.2) is 0 Å². The van der Waals surface area contributed by atoms with Crippen LogP contribution in [0.1, 0.15) is 40.0 Å². The van der Waals surface area contributed by atoms with Gasteiger partial charge in [0.25, 0.3) is 0 Å². The third kappa shape index (κ3) is 7.86. The van der Waals surface area contributed by atoms with Crippen molar-refractivity contribution >= 4 is 0 Å². The fourth-order valence-corrected chi connectivity index (χ4v) is 5.11. The summed E-state index contributed by atoms with van der Waals surface area (Å²) in [5, 5.41) is 102. The van der Waals surface area contributed by atoms with Gasteiger partial charge in [-0.3, -0.25) is 0 Å². The van der Waals surface area contributed by atoms with Crippen molar-refractivity contribution in [2.45, 2.75) is 132 Å². The van der Waals surface area contributed by atoms with E-state index in [-0.39, 0.29) is 5.41 Å². The maximum atomic E-state index is 11.1. The molecule has 0 amide bonds. The molecule has 3 aliphatic heterocycles. The zero-order valence-corrected chi connectivity index (χ0v) is 22.9. The summed E-state index contributed by atoms with van der Waals surface area (Å²) in [6.45, 7) is 4.35. The van der Waals surface area contributed by atoms with E-state index in [9.17, 15) is 51.1 Å². The molecule has 236 valence electrons. The molecule has 3 fully saturated rings. The molecule has 3 heterocycles. The van der Waals surface area contributed by atoms with Gasteiger partial charge in [0.2, 0.25) is 0 Å². The summed E-state index contributed by atoms with van der Waals surface area (Å²) in [7, 11) is 0. The van der Waals surface area contributed by atoms with E-state index in [4.69, 9.17) is 23.7 Å². The Morgan fingerprint density at radius 1 is 0.575 bits per heavy atom. The highest BCUT2D eigenvalue weighted by Crippen LogP contribution is 2.33. The number of hydrogen-bond donors (Lipinski definition) is 10. The van der Waals surface area contributed by atoms with Gasteiger partial charge in [-0.1, -0.05) is 27.2 Å². The van der Waals surface area contributed by atoms with Gasteiger partial charge >= 0.3 is 0 Å². The van der Waals surface area contributed by atoms with Crippen molar-refractivity contribution in [3.63, 3.8) is 0 Å². The third-order valence-electron chi connectivity index (χ3n) is 7.61. The summed E-state index contributed by atoms with van der Waals surface area (Å²) in [5.74, 6) is 0. The van der Waals surface area contributed by atoms with Crippen LogP contribution in [0, 0.1) is 5.41 Å². The zero-order chi connectivity index (χ0) is 29.9. The molecule has 15 atom stereocenters. The molecule has 0 unspecified atom stereocenters. The second-order valence-corrected chi connectivity index (χ2v) is 12.0. The number of aliphatic hydroxyl groups excluding tert-OH is 10. The van der Waals surface area contributed by atoms with Gasteiger partial charge in [0, 0.05) is 0 Å². The van der Waals surface area contributed by atoms with Crippen LogP contribution in [0.25, 0.3) is 0 Å². The zero-order valence-electron chi connectivity index (χ0n) is 22.9. The molecule has 0 aromatic heterocycles. The average Bonchev–Trinajstić information content (AvgIpc) is 2.90. The largest absolute Gasteiger partial charge is 0.394 e. The Bertz CT molecular complexity index is 763. The molecule has 15 nitrogen and oxygen atoms in total. The van der Waals surface area contributed by atoms with Crippen molar-refractivity contribution in [3.8, 4) is 0 Å². The summed E-state index contributed by atoms with van der Waals surface area (Å²) in [6, 6.07) is 0. The lowest BCUT2D eigenvalue weighted by molar-refractivity contribution is -0.347. The predicted molar refractivity (Wildman–Crippen MR) is 132 cm³/mol. The van der Waals surface area contributed by atoms with E-state index in [0.717, 1.165) is 6.42 Å². The number of aliphatic hydroxyl groups is 10. The highest BCUT2D eigenvalue weighted by Gasteiger charge is 2.51. The second-order valence-electron chi connectivity index (χ2n) is 12.0. The lowest BCUT2D eigenvalue weighted by atomic mass is 9.87. The van der Waals surface area contributed by atoms with E-state index in [0.29, 0.717) is 12.8 Å². The first-order chi connectivity index (χ1) is 18.7. The quantitative estimate of drug-likeness (QED) is 0.116. The van der Waals surface area contributed by atoms with Crippen LogP contribution in [0.5, 0.6) is 0 Å². The van der Waals surface area contributed by atoms with E-state index in [1.165, 1.54) is 0 Å². The molecule has 3 aliphatic rings. The van der Waals surface area contributed by atoms with Gasteiger partial charge < -0.3 is 74.7 Å². The van der Waals surface area contributed by atoms with Crippen molar-refractivity contribution in [1.82, 2.24) is 0 Å². The van der Waals surface area contributed by atoms with Crippen LogP contribution in [0.15, 0.2) is 0 Å². The lowest BCUT2D eigenvalue weighted by Crippen LogP contribution is -2.65. The van der Waals surface area contributed by atoms with E-state index in [2.05, 4.69) is 20.8 Å². The van der Waals surface area contributed by atoms with Gasteiger partial charge in [0.15, 0.2) is 12.6 Å². The van der Waals surface area contributed by atoms with Crippen LogP contribution < -0.4 is 0 Å². The topological polar surface area (TPSA) is 248 Å². The summed E-state index contributed by atoms with van der Waals surface area (Å²) < 4.78 is 28.0. The molecular formula is C25H46O15. The fraction of sp³-hybridized carbons (Fsp3) is 1.00. The molecular weight excluding hydrogens is 540 g/mol. The molecule has 0 spiro atoms. The molecule has 15 heteroatoms. The van der Waals surface area contributed by atoms with Crippen LogP contribution in [0.3, 0.4) is 0 Å². The molecule has 0 saturated carbocycles. The summed E-state index contributed by atoms with van der Waals surface area (Å²) in [6.07, 6.45) is -20.5. The summed E-state index contributed by atoms with van der Waals surface area (Å²) >= 11 is 0. The Balaban J connectivity index is 1.75. The molecule has 3 rings (SSSR count). The third-order valence-corrected chi connectivity index (χ3v) is 7.61. The van der Waals surface area contributed by atoms with Crippen molar-refractivity contribution in [1.29, 1.82) is 0 Å². The molecule has 0 bridgehead atoms. The second kappa shape index (κ2) is 14.2. The van der Waals surface area contributed by atoms with Gasteiger partial charge in [0.1, 0.15) is 73.2 Å². The Hall–Kier alpha value is -0.600. The fourth-order valence-electron chi connectivity index (χ4n) is 5.11. The normalized spacial score (nSPS) is 46.9. The van der Waals surface area contributed by atoms with Gasteiger partial charge in [-0.15, -0.1) is 0 Å². The smallest absolute Gasteiger partial charge is 0.187 e. The first kappa shape index (κ1) is 33.9. The maximum absolute atomic E-state index is 11.1. The van der Waals surface area contributed by atoms with E-state index in [1.807, 2.05) is 0 Å². The first-order valence-corrected chi connectivity index (χ1v) is 13.6. The molecule has 40 heavy (non-hydrogen) atoms. The molecule has 0 aliphatic carbocycles. The Kier molecular flexibility index (Phi) is 12.1. The molecule has 0 radical (unpaired) electrons. The Morgan fingerprint density at radius 3 is 1.60 bits per heavy atom. The van der Waals surface area contributed by atoms with Gasteiger partial charge in [0.05, 0.1) is 25.9 Å². The highest BCUT2D eigenvalue weighted by molar-refractivity contribution is 4.96. The SMILES string of the molecule is CC(C)(C)CCC[C@H]1O[C@H](CO[C@H]2O[C@H](CO)[C@@H](O)[C@H](O)[C@@H]2O)[C@@H](O)[C@H](O[C@H]2O[C@H](CO)[C@@H](O)[C@H](O)[C@@H]2O)[C@@H]1O. The maximum Gasteiger partial charge on any atom is 0.187 e. The van der Waals surface area contributed by atoms with E-state index in [1.54, 1.807) is 0 Å².